The molecule has 0 bridgehead atoms. The van der Waals surface area contributed by atoms with E-state index in [4.69, 9.17) is 18.9 Å². The molecule has 1 unspecified atom stereocenters. The van der Waals surface area contributed by atoms with E-state index in [1.807, 2.05) is 31.1 Å². The highest BCUT2D eigenvalue weighted by Gasteiger charge is 2.36. The average Bonchev–Trinajstić information content (AvgIpc) is 2.98. The summed E-state index contributed by atoms with van der Waals surface area (Å²) < 4.78 is 20.7. The standard InChI is InChI=1S/C32H38N4O8/c1-32(2,3)44-29(38)33-26(24-16-18-25(19-17-24)36(4)5)27(34-35-30(39)41-20-22-12-8-6-9-13-22)28(37)43-31(40)42-21-23-14-10-7-11-15-23/h6-19,26-27,34H,20-21H2,1-5H3,(H,33,38)(H,35,39)/t26?,27-/m0/s1. The highest BCUT2D eigenvalue weighted by molar-refractivity contribution is 5.87. The van der Waals surface area contributed by atoms with Crippen LogP contribution in [0.25, 0.3) is 0 Å². The number of nitrogens with one attached hydrogen (secondary N) is 3. The van der Waals surface area contributed by atoms with E-state index in [0.717, 1.165) is 11.3 Å². The van der Waals surface area contributed by atoms with Crippen LogP contribution in [-0.4, -0.2) is 50.0 Å². The first-order chi connectivity index (χ1) is 20.9. The highest BCUT2D eigenvalue weighted by Crippen LogP contribution is 2.23. The molecule has 2 atom stereocenters. The molecule has 0 aliphatic carbocycles. The Bertz CT molecular complexity index is 1380. The van der Waals surface area contributed by atoms with Gasteiger partial charge in [-0.15, -0.1) is 0 Å². The van der Waals surface area contributed by atoms with Gasteiger partial charge in [0.05, 0.1) is 6.04 Å². The number of hydrogen-bond donors (Lipinski definition) is 3. The van der Waals surface area contributed by atoms with Crippen molar-refractivity contribution in [2.45, 2.75) is 51.7 Å². The normalized spacial score (nSPS) is 12.2. The summed E-state index contributed by atoms with van der Waals surface area (Å²) in [6, 6.07) is 22.0. The number of anilines is 1. The zero-order valence-electron chi connectivity index (χ0n) is 25.4. The van der Waals surface area contributed by atoms with Gasteiger partial charge in [-0.1, -0.05) is 72.8 Å². The first-order valence-corrected chi connectivity index (χ1v) is 13.8. The van der Waals surface area contributed by atoms with Crippen LogP contribution in [0, 0.1) is 0 Å². The maximum absolute atomic E-state index is 13.4. The van der Waals surface area contributed by atoms with Crippen LogP contribution in [0.15, 0.2) is 84.9 Å². The Morgan fingerprint density at radius 1 is 0.750 bits per heavy atom. The lowest BCUT2D eigenvalue weighted by Crippen LogP contribution is -2.56. The van der Waals surface area contributed by atoms with E-state index in [-0.39, 0.29) is 13.2 Å². The minimum absolute atomic E-state index is 0.0408. The van der Waals surface area contributed by atoms with Gasteiger partial charge in [-0.25, -0.2) is 24.6 Å². The third kappa shape index (κ3) is 11.3. The van der Waals surface area contributed by atoms with Crippen molar-refractivity contribution in [3.63, 3.8) is 0 Å². The molecule has 0 fully saturated rings. The molecule has 3 N–H and O–H groups in total. The first kappa shape index (κ1) is 33.4. The third-order valence-corrected chi connectivity index (χ3v) is 5.95. The summed E-state index contributed by atoms with van der Waals surface area (Å²) in [6.45, 7) is 4.88. The van der Waals surface area contributed by atoms with Gasteiger partial charge in [-0.2, -0.15) is 0 Å². The van der Waals surface area contributed by atoms with E-state index in [1.165, 1.54) is 0 Å². The summed E-state index contributed by atoms with van der Waals surface area (Å²) in [5.74, 6) is -1.15. The highest BCUT2D eigenvalue weighted by atomic mass is 16.7. The van der Waals surface area contributed by atoms with Gasteiger partial charge < -0.3 is 29.2 Å². The molecule has 0 aromatic heterocycles. The SMILES string of the molecule is CN(C)c1ccc(C(NC(=O)OC(C)(C)C)[C@H](NNC(=O)OCc2ccccc2)C(=O)OC(=O)OCc2ccccc2)cc1. The Hall–Kier alpha value is -5.10. The predicted octanol–water partition coefficient (Wildman–Crippen LogP) is 5.00. The fourth-order valence-electron chi connectivity index (χ4n) is 3.84. The number of carbonyl (C=O) groups is 4. The fourth-order valence-corrected chi connectivity index (χ4v) is 3.84. The van der Waals surface area contributed by atoms with E-state index in [9.17, 15) is 19.2 Å². The van der Waals surface area contributed by atoms with E-state index in [0.29, 0.717) is 11.1 Å². The van der Waals surface area contributed by atoms with Gasteiger partial charge >= 0.3 is 24.3 Å². The van der Waals surface area contributed by atoms with Crippen LogP contribution in [0.4, 0.5) is 20.1 Å². The molecule has 0 heterocycles. The largest absolute Gasteiger partial charge is 0.516 e. The molecule has 0 saturated heterocycles. The van der Waals surface area contributed by atoms with Crippen molar-refractivity contribution in [3.8, 4) is 0 Å². The number of alkyl carbamates (subject to hydrolysis) is 1. The number of nitrogens with zero attached hydrogens (tertiary/aromatic N) is 1. The molecule has 0 aliphatic heterocycles. The van der Waals surface area contributed by atoms with E-state index < -0.39 is 42.0 Å². The molecule has 0 radical (unpaired) electrons. The lowest BCUT2D eigenvalue weighted by molar-refractivity contribution is -0.143. The van der Waals surface area contributed by atoms with Gasteiger partial charge in [0.25, 0.3) is 0 Å². The molecule has 44 heavy (non-hydrogen) atoms. The van der Waals surface area contributed by atoms with Gasteiger partial charge in [0.15, 0.2) is 0 Å². The molecule has 12 heteroatoms. The topological polar surface area (TPSA) is 145 Å². The van der Waals surface area contributed by atoms with Gasteiger partial charge in [0.2, 0.25) is 0 Å². The van der Waals surface area contributed by atoms with Crippen LogP contribution < -0.4 is 21.1 Å². The van der Waals surface area contributed by atoms with Crippen molar-refractivity contribution < 1.29 is 38.1 Å². The second kappa shape index (κ2) is 15.9. The number of carbonyl (C=O) groups excluding carboxylic acids is 4. The van der Waals surface area contributed by atoms with E-state index in [2.05, 4.69) is 16.2 Å². The molecule has 0 saturated carbocycles. The van der Waals surface area contributed by atoms with Crippen molar-refractivity contribution in [1.82, 2.24) is 16.2 Å². The van der Waals surface area contributed by atoms with Crippen molar-refractivity contribution in [2.24, 2.45) is 0 Å². The second-order valence-electron chi connectivity index (χ2n) is 10.9. The van der Waals surface area contributed by atoms with Gasteiger partial charge in [-0.05, 0) is 49.6 Å². The van der Waals surface area contributed by atoms with Crippen LogP contribution in [0.3, 0.4) is 0 Å². The molecule has 3 aromatic carbocycles. The van der Waals surface area contributed by atoms with Gasteiger partial charge in [-0.3, -0.25) is 5.43 Å². The Morgan fingerprint density at radius 3 is 1.82 bits per heavy atom. The van der Waals surface area contributed by atoms with E-state index >= 15 is 0 Å². The summed E-state index contributed by atoms with van der Waals surface area (Å²) in [6.07, 6.45) is -3.04. The van der Waals surface area contributed by atoms with E-state index in [1.54, 1.807) is 93.6 Å². The first-order valence-electron chi connectivity index (χ1n) is 13.8. The van der Waals surface area contributed by atoms with Crippen LogP contribution >= 0.6 is 0 Å². The molecular weight excluding hydrogens is 568 g/mol. The van der Waals surface area contributed by atoms with Crippen LogP contribution in [-0.2, 0) is 37.0 Å². The van der Waals surface area contributed by atoms with Crippen molar-refractivity contribution in [3.05, 3.63) is 102 Å². The molecular formula is C32H38N4O8. The van der Waals surface area contributed by atoms with Crippen molar-refractivity contribution in [2.75, 3.05) is 19.0 Å². The fraction of sp³-hybridized carbons (Fsp3) is 0.312. The van der Waals surface area contributed by atoms with Crippen molar-refractivity contribution >= 4 is 30.0 Å². The Labute approximate surface area is 256 Å². The monoisotopic (exact) mass is 606 g/mol. The van der Waals surface area contributed by atoms with Crippen LogP contribution in [0.1, 0.15) is 43.5 Å². The molecule has 3 rings (SSSR count). The molecule has 3 aromatic rings. The summed E-state index contributed by atoms with van der Waals surface area (Å²) in [4.78, 5) is 53.3. The minimum atomic E-state index is -1.54. The quantitative estimate of drug-likeness (QED) is 0.118. The molecule has 0 aliphatic rings. The smallest absolute Gasteiger partial charge is 0.444 e. The zero-order valence-corrected chi connectivity index (χ0v) is 25.4. The molecule has 12 nitrogen and oxygen atoms in total. The Morgan fingerprint density at radius 2 is 1.30 bits per heavy atom. The molecule has 2 amide bonds. The number of rotatable bonds is 11. The summed E-state index contributed by atoms with van der Waals surface area (Å²) in [5.41, 5.74) is 6.71. The number of benzene rings is 3. The summed E-state index contributed by atoms with van der Waals surface area (Å²) in [5, 5.41) is 2.65. The second-order valence-corrected chi connectivity index (χ2v) is 10.9. The van der Waals surface area contributed by atoms with Gasteiger partial charge in [0, 0.05) is 19.8 Å². The number of amides is 2. The Kier molecular flexibility index (Phi) is 12.1. The number of esters is 1. The Balaban J connectivity index is 1.83. The average molecular weight is 607 g/mol. The lowest BCUT2D eigenvalue weighted by Gasteiger charge is -2.29. The summed E-state index contributed by atoms with van der Waals surface area (Å²) >= 11 is 0. The van der Waals surface area contributed by atoms with Crippen LogP contribution in [0.5, 0.6) is 0 Å². The lowest BCUT2D eigenvalue weighted by atomic mass is 9.99. The summed E-state index contributed by atoms with van der Waals surface area (Å²) in [7, 11) is 3.72. The number of hydrazine groups is 1. The number of ether oxygens (including phenoxy) is 4. The maximum atomic E-state index is 13.4. The van der Waals surface area contributed by atoms with Crippen LogP contribution in [0.2, 0.25) is 0 Å². The third-order valence-electron chi connectivity index (χ3n) is 5.95. The zero-order chi connectivity index (χ0) is 32.1. The predicted molar refractivity (Wildman–Crippen MR) is 162 cm³/mol. The van der Waals surface area contributed by atoms with Crippen molar-refractivity contribution in [1.29, 1.82) is 0 Å². The van der Waals surface area contributed by atoms with Gasteiger partial charge in [0.1, 0.15) is 24.9 Å². The maximum Gasteiger partial charge on any atom is 0.516 e. The minimum Gasteiger partial charge on any atom is -0.444 e. The number of hydrogen-bond acceptors (Lipinski definition) is 10. The molecule has 0 spiro atoms. The molecule has 234 valence electrons.